The summed E-state index contributed by atoms with van der Waals surface area (Å²) in [7, 11) is 0. The van der Waals surface area contributed by atoms with E-state index in [4.69, 9.17) is 21.1 Å². The van der Waals surface area contributed by atoms with Crippen molar-refractivity contribution in [3.05, 3.63) is 27.9 Å². The number of carboxylic acids is 1. The number of nitrogens with zero attached hydrogens (tertiary/aromatic N) is 2. The predicted octanol–water partition coefficient (Wildman–Crippen LogP) is 2.37. The number of rotatable bonds is 7. The van der Waals surface area contributed by atoms with Gasteiger partial charge in [0.15, 0.2) is 5.13 Å². The molecule has 3 heterocycles. The van der Waals surface area contributed by atoms with E-state index in [1.165, 1.54) is 24.1 Å². The van der Waals surface area contributed by atoms with Crippen LogP contribution in [-0.4, -0.2) is 74.2 Å². The van der Waals surface area contributed by atoms with E-state index in [1.807, 2.05) is 0 Å². The highest BCUT2D eigenvalue weighted by Crippen LogP contribution is 2.40. The number of anilines is 1. The molecule has 0 spiro atoms. The maximum absolute atomic E-state index is 12.9. The average molecular weight is 559 g/mol. The Kier molecular flexibility index (Phi) is 8.31. The Hall–Kier alpha value is -3.10. The predicted molar refractivity (Wildman–Crippen MR) is 132 cm³/mol. The van der Waals surface area contributed by atoms with Gasteiger partial charge in [-0.3, -0.25) is 24.6 Å². The summed E-state index contributed by atoms with van der Waals surface area (Å²) in [5.41, 5.74) is 0.417. The monoisotopic (exact) mass is 558 g/mol. The van der Waals surface area contributed by atoms with E-state index in [-0.39, 0.29) is 40.0 Å². The van der Waals surface area contributed by atoms with Gasteiger partial charge in [-0.2, -0.15) is 0 Å². The van der Waals surface area contributed by atoms with Gasteiger partial charge in [0.1, 0.15) is 29.3 Å². The van der Waals surface area contributed by atoms with Crippen molar-refractivity contribution in [1.29, 1.82) is 0 Å². The fourth-order valence-electron chi connectivity index (χ4n) is 3.27. The van der Waals surface area contributed by atoms with Crippen LogP contribution in [0.5, 0.6) is 0 Å². The largest absolute Gasteiger partial charge is 0.477 e. The van der Waals surface area contributed by atoms with E-state index in [1.54, 1.807) is 20.8 Å². The number of hydrogen-bond acceptors (Lipinski definition) is 10. The fourth-order valence-corrected chi connectivity index (χ4v) is 5.50. The molecule has 15 heteroatoms. The second-order valence-electron chi connectivity index (χ2n) is 8.59. The lowest BCUT2D eigenvalue weighted by Gasteiger charge is -2.49. The number of amides is 3. The molecular weight excluding hydrogens is 536 g/mol. The lowest BCUT2D eigenvalue weighted by molar-refractivity contribution is -0.150. The average Bonchev–Trinajstić information content (AvgIpc) is 3.21. The Morgan fingerprint density at radius 2 is 2.03 bits per heavy atom. The third-order valence-electron chi connectivity index (χ3n) is 4.73. The van der Waals surface area contributed by atoms with Crippen LogP contribution in [-0.2, 0) is 28.7 Å². The molecule has 2 aliphatic rings. The number of thiazole rings is 1. The SMILES string of the molecule is CC(=O)OCC1=C(C(=O)O)N2C(=O)C(NC(=O)C(=CCl)c3csc(NC(=O)OC(C)(C)C)n3)[C@@H]2SC1. The number of halogens is 1. The molecule has 0 aliphatic carbocycles. The van der Waals surface area contributed by atoms with Crippen molar-refractivity contribution in [1.82, 2.24) is 15.2 Å². The van der Waals surface area contributed by atoms with Crippen molar-refractivity contribution >= 4 is 75.3 Å². The number of nitrogens with one attached hydrogen (secondary N) is 2. The molecule has 1 fully saturated rings. The van der Waals surface area contributed by atoms with Crippen LogP contribution in [0.1, 0.15) is 33.4 Å². The Balaban J connectivity index is 1.68. The summed E-state index contributed by atoms with van der Waals surface area (Å²) < 4.78 is 10.1. The van der Waals surface area contributed by atoms with Gasteiger partial charge in [0.25, 0.3) is 11.8 Å². The molecule has 3 N–H and O–H groups in total. The summed E-state index contributed by atoms with van der Waals surface area (Å²) in [4.78, 5) is 65.8. The molecule has 0 saturated carbocycles. The minimum Gasteiger partial charge on any atom is -0.477 e. The number of esters is 1. The molecule has 36 heavy (non-hydrogen) atoms. The molecule has 0 aromatic carbocycles. The van der Waals surface area contributed by atoms with Gasteiger partial charge in [-0.1, -0.05) is 11.6 Å². The van der Waals surface area contributed by atoms with Crippen molar-refractivity contribution in [3.8, 4) is 0 Å². The maximum atomic E-state index is 12.9. The van der Waals surface area contributed by atoms with Gasteiger partial charge in [0, 0.05) is 29.2 Å². The summed E-state index contributed by atoms with van der Waals surface area (Å²) in [5, 5.41) is 15.7. The number of thioether (sulfide) groups is 1. The summed E-state index contributed by atoms with van der Waals surface area (Å²) in [5.74, 6) is -3.05. The summed E-state index contributed by atoms with van der Waals surface area (Å²) in [6.45, 7) is 6.08. The van der Waals surface area contributed by atoms with Gasteiger partial charge in [-0.05, 0) is 20.8 Å². The minimum atomic E-state index is -1.34. The van der Waals surface area contributed by atoms with Gasteiger partial charge in [-0.25, -0.2) is 14.6 Å². The molecule has 1 aromatic heterocycles. The van der Waals surface area contributed by atoms with E-state index < -0.39 is 46.9 Å². The first-order valence-electron chi connectivity index (χ1n) is 10.4. The second kappa shape index (κ2) is 10.9. The number of aromatic nitrogens is 1. The van der Waals surface area contributed by atoms with E-state index in [0.29, 0.717) is 0 Å². The minimum absolute atomic E-state index is 0.0539. The number of ether oxygens (including phenoxy) is 2. The second-order valence-corrected chi connectivity index (χ2v) is 10.8. The molecule has 3 rings (SSSR count). The van der Waals surface area contributed by atoms with Gasteiger partial charge >= 0.3 is 18.0 Å². The fraction of sp³-hybridized carbons (Fsp3) is 0.429. The Labute approximate surface area is 219 Å². The van der Waals surface area contributed by atoms with Crippen molar-refractivity contribution in [2.75, 3.05) is 17.7 Å². The smallest absolute Gasteiger partial charge is 0.413 e. The number of hydrogen-bond donors (Lipinski definition) is 3. The van der Waals surface area contributed by atoms with Gasteiger partial charge in [0.05, 0.1) is 11.3 Å². The number of carbonyl (C=O) groups excluding carboxylic acids is 4. The number of carbonyl (C=O) groups is 5. The molecule has 3 amide bonds. The third kappa shape index (κ3) is 6.17. The van der Waals surface area contributed by atoms with Crippen LogP contribution in [0.25, 0.3) is 5.57 Å². The lowest BCUT2D eigenvalue weighted by atomic mass is 10.0. The van der Waals surface area contributed by atoms with Crippen molar-refractivity contribution < 1.29 is 38.6 Å². The van der Waals surface area contributed by atoms with E-state index in [9.17, 15) is 29.1 Å². The molecule has 0 bridgehead atoms. The number of fused-ring (bicyclic) bond motifs is 1. The van der Waals surface area contributed by atoms with Crippen molar-refractivity contribution in [2.24, 2.45) is 0 Å². The van der Waals surface area contributed by atoms with E-state index >= 15 is 0 Å². The number of carboxylic acid groups (broad SMARTS) is 1. The Morgan fingerprint density at radius 1 is 1.33 bits per heavy atom. The summed E-state index contributed by atoms with van der Waals surface area (Å²) in [6, 6.07) is -1.00. The highest BCUT2D eigenvalue weighted by atomic mass is 35.5. The number of aliphatic carboxylic acids is 1. The maximum Gasteiger partial charge on any atom is 0.413 e. The molecule has 1 aromatic rings. The molecular formula is C21H23ClN4O8S2. The molecule has 194 valence electrons. The standard InChI is InChI=1S/C21H23ClN4O8S2/c1-9(27)33-6-10-7-35-17-13(16(29)26(17)14(10)18(30)31)24-15(28)11(5-22)12-8-36-19(23-12)25-20(32)34-21(2,3)4/h5,8,13,17H,6-7H2,1-4H3,(H,24,28)(H,30,31)(H,23,25,32)/t13?,17-/m0/s1. The zero-order valence-electron chi connectivity index (χ0n) is 19.6. The molecule has 0 radical (unpaired) electrons. The quantitative estimate of drug-likeness (QED) is 0.257. The van der Waals surface area contributed by atoms with Crippen LogP contribution in [0.3, 0.4) is 0 Å². The highest BCUT2D eigenvalue weighted by molar-refractivity contribution is 8.00. The van der Waals surface area contributed by atoms with Crippen molar-refractivity contribution in [3.63, 3.8) is 0 Å². The summed E-state index contributed by atoms with van der Waals surface area (Å²) in [6.07, 6.45) is -0.714. The normalized spacial score (nSPS) is 19.8. The summed E-state index contributed by atoms with van der Waals surface area (Å²) >= 11 is 8.14. The molecule has 2 atom stereocenters. The van der Waals surface area contributed by atoms with Gasteiger partial charge < -0.3 is 19.9 Å². The van der Waals surface area contributed by atoms with Crippen LogP contribution in [0.15, 0.2) is 22.2 Å². The third-order valence-corrected chi connectivity index (χ3v) is 7.04. The Bertz CT molecular complexity index is 1170. The van der Waals surface area contributed by atoms with Gasteiger partial charge in [0.2, 0.25) is 0 Å². The zero-order chi connectivity index (χ0) is 26.8. The van der Waals surface area contributed by atoms with Crippen LogP contribution >= 0.6 is 34.7 Å². The van der Waals surface area contributed by atoms with E-state index in [2.05, 4.69) is 15.6 Å². The lowest BCUT2D eigenvalue weighted by Crippen LogP contribution is -2.70. The topological polar surface area (TPSA) is 164 Å². The van der Waals surface area contributed by atoms with Gasteiger partial charge in [-0.15, -0.1) is 23.1 Å². The van der Waals surface area contributed by atoms with Crippen molar-refractivity contribution in [2.45, 2.75) is 44.7 Å². The highest BCUT2D eigenvalue weighted by Gasteiger charge is 2.54. The van der Waals surface area contributed by atoms with Crippen LogP contribution in [0.4, 0.5) is 9.93 Å². The first-order valence-corrected chi connectivity index (χ1v) is 12.8. The Morgan fingerprint density at radius 3 is 2.61 bits per heavy atom. The first kappa shape index (κ1) is 27.5. The van der Waals surface area contributed by atoms with Crippen LogP contribution in [0.2, 0.25) is 0 Å². The van der Waals surface area contributed by atoms with E-state index in [0.717, 1.165) is 21.8 Å². The molecule has 12 nitrogen and oxygen atoms in total. The zero-order valence-corrected chi connectivity index (χ0v) is 22.0. The number of β-lactam (4-membered cyclic amide) rings is 1. The molecule has 2 aliphatic heterocycles. The molecule has 1 saturated heterocycles. The first-order chi connectivity index (χ1) is 16.8. The molecule has 1 unspecified atom stereocenters. The van der Waals surface area contributed by atoms with Crippen LogP contribution in [0, 0.1) is 0 Å². The van der Waals surface area contributed by atoms with Crippen LogP contribution < -0.4 is 10.6 Å².